The van der Waals surface area contributed by atoms with Crippen LogP contribution in [0.2, 0.25) is 0 Å². The van der Waals surface area contributed by atoms with Crippen LogP contribution in [0.4, 0.5) is 0 Å². The molecule has 0 radical (unpaired) electrons. The van der Waals surface area contributed by atoms with Gasteiger partial charge >= 0.3 is 0 Å². The van der Waals surface area contributed by atoms with Crippen molar-refractivity contribution in [1.82, 2.24) is 26.2 Å². The van der Waals surface area contributed by atoms with Crippen molar-refractivity contribution >= 4 is 42.4 Å². The molecule has 1 unspecified atom stereocenters. The zero-order valence-corrected chi connectivity index (χ0v) is 33.4. The number of rotatable bonds is 30. The summed E-state index contributed by atoms with van der Waals surface area (Å²) in [5, 5.41) is 20.3. The average Bonchev–Trinajstić information content (AvgIpc) is 3.15. The van der Waals surface area contributed by atoms with E-state index in [2.05, 4.69) is 43.2 Å². The first kappa shape index (κ1) is 48.4. The van der Waals surface area contributed by atoms with E-state index in [1.807, 2.05) is 24.3 Å². The molecular formula is C34H60N7O12PS. The van der Waals surface area contributed by atoms with Crippen molar-refractivity contribution in [3.63, 3.8) is 0 Å². The molecule has 0 heterocycles. The minimum atomic E-state index is -2.89. The van der Waals surface area contributed by atoms with Crippen molar-refractivity contribution in [2.45, 2.75) is 50.8 Å². The molecule has 0 spiro atoms. The molecule has 55 heavy (non-hydrogen) atoms. The Morgan fingerprint density at radius 1 is 0.782 bits per heavy atom. The molecule has 1 aliphatic rings. The van der Waals surface area contributed by atoms with Crippen molar-refractivity contribution in [3.05, 3.63) is 35.4 Å². The van der Waals surface area contributed by atoms with E-state index >= 15 is 0 Å². The third-order valence-corrected chi connectivity index (χ3v) is 9.33. The van der Waals surface area contributed by atoms with Crippen LogP contribution in [0.3, 0.4) is 0 Å². The van der Waals surface area contributed by atoms with Gasteiger partial charge in [-0.25, -0.2) is 11.8 Å². The maximum Gasteiger partial charge on any atom is 0.252 e. The van der Waals surface area contributed by atoms with Gasteiger partial charge in [0.2, 0.25) is 23.6 Å². The Hall–Kier alpha value is -2.72. The highest BCUT2D eigenvalue weighted by molar-refractivity contribution is 8.46. The second-order valence-electron chi connectivity index (χ2n) is 12.8. The maximum absolute atomic E-state index is 13.7. The van der Waals surface area contributed by atoms with Gasteiger partial charge in [0, 0.05) is 38.8 Å². The fourth-order valence-corrected chi connectivity index (χ4v) is 6.84. The third kappa shape index (κ3) is 22.6. The molecule has 314 valence electrons. The largest absolute Gasteiger partial charge is 0.394 e. The Labute approximate surface area is 328 Å². The first-order chi connectivity index (χ1) is 26.4. The van der Waals surface area contributed by atoms with Gasteiger partial charge in [-0.1, -0.05) is 36.5 Å². The number of ether oxygens (including phenoxy) is 3. The molecule has 2 atom stereocenters. The SMILES string of the molecule is CP(=O)(S)O[C@H]1CC[C@@H](C(=O)NCc2ccc(C[C@@H](C(=O)NCCOCCO)N(CC(=O)NCCOCCON)CC(=O)NCCOCCON)cc2)CC1. The van der Waals surface area contributed by atoms with Gasteiger partial charge in [0.15, 0.2) is 0 Å². The lowest BCUT2D eigenvalue weighted by Crippen LogP contribution is -2.54. The van der Waals surface area contributed by atoms with Crippen molar-refractivity contribution in [2.75, 3.05) is 98.9 Å². The van der Waals surface area contributed by atoms with Crippen molar-refractivity contribution in [1.29, 1.82) is 0 Å². The van der Waals surface area contributed by atoms with Crippen LogP contribution in [0.1, 0.15) is 36.8 Å². The van der Waals surface area contributed by atoms with Crippen LogP contribution in [0, 0.1) is 5.92 Å². The summed E-state index contributed by atoms with van der Waals surface area (Å²) >= 11 is 4.01. The van der Waals surface area contributed by atoms with E-state index in [1.165, 1.54) is 11.6 Å². The molecule has 1 fully saturated rings. The highest BCUT2D eigenvalue weighted by Gasteiger charge is 2.31. The molecule has 1 aliphatic carbocycles. The van der Waals surface area contributed by atoms with Gasteiger partial charge in [0.25, 0.3) is 6.57 Å². The van der Waals surface area contributed by atoms with Crippen LogP contribution < -0.4 is 33.1 Å². The number of amides is 4. The van der Waals surface area contributed by atoms with Crippen LogP contribution in [0.5, 0.6) is 0 Å². The lowest BCUT2D eigenvalue weighted by atomic mass is 9.87. The molecule has 2 rings (SSSR count). The van der Waals surface area contributed by atoms with Crippen LogP contribution in [-0.4, -0.2) is 145 Å². The number of nitrogens with zero attached hydrogens (tertiary/aromatic N) is 1. The summed E-state index contributed by atoms with van der Waals surface area (Å²) in [4.78, 5) is 63.2. The van der Waals surface area contributed by atoms with Crippen molar-refractivity contribution < 1.29 is 57.3 Å². The summed E-state index contributed by atoms with van der Waals surface area (Å²) < 4.78 is 33.4. The average molecular weight is 822 g/mol. The fourth-order valence-electron chi connectivity index (χ4n) is 5.68. The summed E-state index contributed by atoms with van der Waals surface area (Å²) in [5.74, 6) is 8.47. The predicted molar refractivity (Wildman–Crippen MR) is 206 cm³/mol. The number of thiol groups is 1. The lowest BCUT2D eigenvalue weighted by Gasteiger charge is -2.30. The molecule has 0 saturated heterocycles. The zero-order valence-electron chi connectivity index (χ0n) is 31.6. The van der Waals surface area contributed by atoms with Gasteiger partial charge in [-0.05, 0) is 43.2 Å². The second kappa shape index (κ2) is 28.6. The quantitative estimate of drug-likeness (QED) is 0.0201. The summed E-state index contributed by atoms with van der Waals surface area (Å²) in [5.41, 5.74) is 1.59. The highest BCUT2D eigenvalue weighted by atomic mass is 32.7. The van der Waals surface area contributed by atoms with Crippen LogP contribution in [0.25, 0.3) is 0 Å². The highest BCUT2D eigenvalue weighted by Crippen LogP contribution is 2.50. The molecular weight excluding hydrogens is 761 g/mol. The number of benzene rings is 1. The normalized spacial score (nSPS) is 17.3. The number of hydrogen-bond donors (Lipinski definition) is 8. The van der Waals surface area contributed by atoms with Gasteiger partial charge in [0.1, 0.15) is 0 Å². The third-order valence-electron chi connectivity index (χ3n) is 8.35. The summed E-state index contributed by atoms with van der Waals surface area (Å²) in [6.07, 6.45) is 2.50. The van der Waals surface area contributed by atoms with Crippen LogP contribution in [-0.2, 0) is 65.1 Å². The molecule has 1 aromatic rings. The molecule has 0 aromatic heterocycles. The van der Waals surface area contributed by atoms with E-state index in [9.17, 15) is 23.7 Å². The molecule has 9 N–H and O–H groups in total. The number of nitrogens with two attached hydrogens (primary N) is 2. The predicted octanol–water partition coefficient (Wildman–Crippen LogP) is -0.985. The first-order valence-corrected chi connectivity index (χ1v) is 21.5. The summed E-state index contributed by atoms with van der Waals surface area (Å²) in [7, 11) is 0. The number of aliphatic hydroxyl groups excluding tert-OH is 1. The second-order valence-corrected chi connectivity index (χ2v) is 16.8. The molecule has 19 nitrogen and oxygen atoms in total. The van der Waals surface area contributed by atoms with Gasteiger partial charge in [-0.15, -0.1) is 0 Å². The molecule has 21 heteroatoms. The minimum Gasteiger partial charge on any atom is -0.394 e. The first-order valence-electron chi connectivity index (χ1n) is 18.3. The fraction of sp³-hybridized carbons (Fsp3) is 0.706. The molecule has 1 saturated carbocycles. The zero-order chi connectivity index (χ0) is 40.3. The Bertz CT molecular complexity index is 1280. The maximum atomic E-state index is 13.7. The van der Waals surface area contributed by atoms with E-state index in [1.54, 1.807) is 0 Å². The van der Waals surface area contributed by atoms with E-state index in [4.69, 9.17) is 35.6 Å². The Balaban J connectivity index is 2.12. The number of hydrogen-bond acceptors (Lipinski definition) is 15. The lowest BCUT2D eigenvalue weighted by molar-refractivity contribution is -0.132. The van der Waals surface area contributed by atoms with Gasteiger partial charge in [-0.3, -0.25) is 28.6 Å². The minimum absolute atomic E-state index is 0.0627. The van der Waals surface area contributed by atoms with Crippen molar-refractivity contribution in [2.24, 2.45) is 17.7 Å². The van der Waals surface area contributed by atoms with Gasteiger partial charge in [-0.2, -0.15) is 0 Å². The molecule has 4 amide bonds. The number of nitrogens with one attached hydrogen (secondary N) is 4. The molecule has 0 bridgehead atoms. The summed E-state index contributed by atoms with van der Waals surface area (Å²) in [6, 6.07) is 6.40. The van der Waals surface area contributed by atoms with Crippen LogP contribution >= 0.6 is 18.8 Å². The topological polar surface area (TPSA) is 264 Å². The Morgan fingerprint density at radius 3 is 1.80 bits per heavy atom. The van der Waals surface area contributed by atoms with Gasteiger partial charge in [0.05, 0.1) is 84.7 Å². The Morgan fingerprint density at radius 2 is 1.29 bits per heavy atom. The monoisotopic (exact) mass is 821 g/mol. The number of carbonyl (C=O) groups excluding carboxylic acids is 4. The number of carbonyl (C=O) groups is 4. The number of aliphatic hydroxyl groups is 1. The molecule has 1 aromatic carbocycles. The van der Waals surface area contributed by atoms with Gasteiger partial charge < -0.3 is 54.8 Å². The van der Waals surface area contributed by atoms with Crippen molar-refractivity contribution in [3.8, 4) is 0 Å². The Kier molecular flexibility index (Phi) is 25.2. The van der Waals surface area contributed by atoms with Crippen LogP contribution in [0.15, 0.2) is 24.3 Å². The van der Waals surface area contributed by atoms with E-state index in [0.717, 1.165) is 11.1 Å². The van der Waals surface area contributed by atoms with E-state index in [-0.39, 0.29) is 117 Å². The summed E-state index contributed by atoms with van der Waals surface area (Å²) in [6.45, 7) is 0.167. The van der Waals surface area contributed by atoms with E-state index in [0.29, 0.717) is 32.2 Å². The molecule has 0 aliphatic heterocycles. The smallest absolute Gasteiger partial charge is 0.252 e. The standard InChI is InChI=1S/C34H60N7O12PS/c1-54(47,55)53-29-8-6-28(7-9-29)33(45)40-23-27-4-2-26(3-5-27)22-30(34(46)39-12-16-48-17-13-42)41(24-31(43)37-10-14-49-18-20-51-35)25-32(44)38-11-15-50-19-21-52-36/h2-5,28-30,42H,6-25,35-36H2,1H3,(H,37,43)(H,38,44)(H,39,46)(H,40,45)(H,47,55)/t28-,29+,30-,54?/m0/s1. The van der Waals surface area contributed by atoms with E-state index < -0.39 is 30.3 Å².